The average Bonchev–Trinajstić information content (AvgIpc) is 2.14. The van der Waals surface area contributed by atoms with E-state index >= 15 is 0 Å². The van der Waals surface area contributed by atoms with Crippen molar-refractivity contribution < 1.29 is 9.53 Å². The van der Waals surface area contributed by atoms with E-state index in [0.29, 0.717) is 0 Å². The highest BCUT2D eigenvalue weighted by Crippen LogP contribution is 2.35. The third kappa shape index (κ3) is 1.92. The highest BCUT2D eigenvalue weighted by atomic mass is 16.5. The average molecular weight is 197 g/mol. The van der Waals surface area contributed by atoms with Gasteiger partial charge in [0.2, 0.25) is 0 Å². The summed E-state index contributed by atoms with van der Waals surface area (Å²) in [7, 11) is 1.50. The van der Waals surface area contributed by atoms with E-state index in [0.717, 1.165) is 37.8 Å². The SMILES string of the molecule is COC(=O)[C@@H]1CCC[C@H](C2CNC2)C1. The molecule has 1 saturated carbocycles. The van der Waals surface area contributed by atoms with Crippen LogP contribution < -0.4 is 5.32 Å². The number of hydrogen-bond donors (Lipinski definition) is 1. The zero-order chi connectivity index (χ0) is 9.97. The highest BCUT2D eigenvalue weighted by molar-refractivity contribution is 5.72. The Morgan fingerprint density at radius 3 is 2.64 bits per heavy atom. The van der Waals surface area contributed by atoms with Gasteiger partial charge in [-0.25, -0.2) is 0 Å². The number of carbonyl (C=O) groups is 1. The molecule has 3 heteroatoms. The molecule has 80 valence electrons. The maximum absolute atomic E-state index is 11.4. The number of esters is 1. The zero-order valence-electron chi connectivity index (χ0n) is 8.79. The molecule has 2 atom stereocenters. The Balaban J connectivity index is 1.86. The molecule has 2 rings (SSSR count). The summed E-state index contributed by atoms with van der Waals surface area (Å²) in [4.78, 5) is 11.4. The first-order valence-electron chi connectivity index (χ1n) is 5.60. The summed E-state index contributed by atoms with van der Waals surface area (Å²) in [5.74, 6) is 1.76. The molecule has 1 N–H and O–H groups in total. The molecule has 0 aromatic rings. The van der Waals surface area contributed by atoms with Crippen LogP contribution in [0.4, 0.5) is 0 Å². The van der Waals surface area contributed by atoms with Gasteiger partial charge >= 0.3 is 5.97 Å². The van der Waals surface area contributed by atoms with Gasteiger partial charge in [0.25, 0.3) is 0 Å². The molecular formula is C11H19NO2. The molecule has 2 aliphatic rings. The smallest absolute Gasteiger partial charge is 0.308 e. The molecule has 2 fully saturated rings. The minimum atomic E-state index is 0.00184. The van der Waals surface area contributed by atoms with Crippen LogP contribution >= 0.6 is 0 Å². The summed E-state index contributed by atoms with van der Waals surface area (Å²) in [6.45, 7) is 2.30. The fourth-order valence-corrected chi connectivity index (χ4v) is 2.68. The van der Waals surface area contributed by atoms with Crippen molar-refractivity contribution in [3.8, 4) is 0 Å². The van der Waals surface area contributed by atoms with Gasteiger partial charge in [0.15, 0.2) is 0 Å². The van der Waals surface area contributed by atoms with Gasteiger partial charge < -0.3 is 10.1 Å². The molecule has 1 aliphatic heterocycles. The second-order valence-corrected chi connectivity index (χ2v) is 4.57. The van der Waals surface area contributed by atoms with Crippen molar-refractivity contribution in [1.29, 1.82) is 0 Å². The van der Waals surface area contributed by atoms with Crippen molar-refractivity contribution >= 4 is 5.97 Å². The molecule has 0 bridgehead atoms. The third-order valence-corrected chi connectivity index (χ3v) is 3.73. The highest BCUT2D eigenvalue weighted by Gasteiger charge is 2.34. The quantitative estimate of drug-likeness (QED) is 0.676. The normalized spacial score (nSPS) is 33.5. The van der Waals surface area contributed by atoms with Crippen LogP contribution in [0.15, 0.2) is 0 Å². The van der Waals surface area contributed by atoms with Crippen LogP contribution in [-0.2, 0) is 9.53 Å². The minimum Gasteiger partial charge on any atom is -0.469 e. The second-order valence-electron chi connectivity index (χ2n) is 4.57. The van der Waals surface area contributed by atoms with Crippen LogP contribution in [0.3, 0.4) is 0 Å². The predicted molar refractivity (Wildman–Crippen MR) is 53.8 cm³/mol. The van der Waals surface area contributed by atoms with Crippen LogP contribution in [0.25, 0.3) is 0 Å². The predicted octanol–water partition coefficient (Wildman–Crippen LogP) is 1.19. The molecule has 0 spiro atoms. The number of hydrogen-bond acceptors (Lipinski definition) is 3. The molecule has 0 amide bonds. The standard InChI is InChI=1S/C11H19NO2/c1-14-11(13)9-4-2-3-8(5-9)10-6-12-7-10/h8-10,12H,2-7H2,1H3/t8-,9+/m0/s1. The van der Waals surface area contributed by atoms with Gasteiger partial charge in [-0.15, -0.1) is 0 Å². The molecule has 14 heavy (non-hydrogen) atoms. The Morgan fingerprint density at radius 2 is 2.07 bits per heavy atom. The van der Waals surface area contributed by atoms with Gasteiger partial charge in [-0.3, -0.25) is 4.79 Å². The van der Waals surface area contributed by atoms with Crippen LogP contribution in [-0.4, -0.2) is 26.2 Å². The number of methoxy groups -OCH3 is 1. The first-order chi connectivity index (χ1) is 6.81. The first-order valence-corrected chi connectivity index (χ1v) is 5.60. The lowest BCUT2D eigenvalue weighted by Gasteiger charge is -2.38. The third-order valence-electron chi connectivity index (χ3n) is 3.73. The molecule has 0 unspecified atom stereocenters. The molecular weight excluding hydrogens is 178 g/mol. The van der Waals surface area contributed by atoms with Gasteiger partial charge in [0.1, 0.15) is 0 Å². The van der Waals surface area contributed by atoms with E-state index in [-0.39, 0.29) is 11.9 Å². The van der Waals surface area contributed by atoms with Gasteiger partial charge in [-0.2, -0.15) is 0 Å². The van der Waals surface area contributed by atoms with Crippen molar-refractivity contribution in [3.63, 3.8) is 0 Å². The van der Waals surface area contributed by atoms with Crippen LogP contribution in [0.1, 0.15) is 25.7 Å². The summed E-state index contributed by atoms with van der Waals surface area (Å²) in [5.41, 5.74) is 0. The van der Waals surface area contributed by atoms with Gasteiger partial charge in [-0.05, 0) is 37.8 Å². The Bertz CT molecular complexity index is 213. The van der Waals surface area contributed by atoms with E-state index in [4.69, 9.17) is 4.74 Å². The van der Waals surface area contributed by atoms with Crippen LogP contribution in [0.2, 0.25) is 0 Å². The summed E-state index contributed by atoms with van der Waals surface area (Å²) in [5, 5.41) is 3.30. The number of ether oxygens (including phenoxy) is 1. The Morgan fingerprint density at radius 1 is 1.29 bits per heavy atom. The Kier molecular flexibility index (Phi) is 3.06. The maximum atomic E-state index is 11.4. The number of rotatable bonds is 2. The largest absolute Gasteiger partial charge is 0.469 e. The number of nitrogens with one attached hydrogen (secondary N) is 1. The van der Waals surface area contributed by atoms with E-state index < -0.39 is 0 Å². The maximum Gasteiger partial charge on any atom is 0.308 e. The molecule has 0 aromatic heterocycles. The molecule has 1 saturated heterocycles. The lowest BCUT2D eigenvalue weighted by atomic mass is 9.73. The lowest BCUT2D eigenvalue weighted by molar-refractivity contribution is -0.147. The van der Waals surface area contributed by atoms with Crippen molar-refractivity contribution in [2.75, 3.05) is 20.2 Å². The molecule has 1 aliphatic carbocycles. The molecule has 0 aromatic carbocycles. The van der Waals surface area contributed by atoms with Crippen molar-refractivity contribution in [3.05, 3.63) is 0 Å². The van der Waals surface area contributed by atoms with E-state index in [1.165, 1.54) is 20.0 Å². The van der Waals surface area contributed by atoms with Crippen molar-refractivity contribution in [2.45, 2.75) is 25.7 Å². The summed E-state index contributed by atoms with van der Waals surface area (Å²) in [6.07, 6.45) is 4.59. The van der Waals surface area contributed by atoms with E-state index in [1.54, 1.807) is 0 Å². The van der Waals surface area contributed by atoms with Gasteiger partial charge in [0.05, 0.1) is 13.0 Å². The molecule has 3 nitrogen and oxygen atoms in total. The summed E-state index contributed by atoms with van der Waals surface area (Å²) in [6, 6.07) is 0. The van der Waals surface area contributed by atoms with Gasteiger partial charge in [0, 0.05) is 0 Å². The Labute approximate surface area is 85.2 Å². The molecule has 0 radical (unpaired) electrons. The second kappa shape index (κ2) is 4.30. The van der Waals surface area contributed by atoms with Crippen molar-refractivity contribution in [2.24, 2.45) is 17.8 Å². The monoisotopic (exact) mass is 197 g/mol. The Hall–Kier alpha value is -0.570. The molecule has 1 heterocycles. The van der Waals surface area contributed by atoms with Gasteiger partial charge in [-0.1, -0.05) is 12.8 Å². The van der Waals surface area contributed by atoms with Crippen LogP contribution in [0, 0.1) is 17.8 Å². The van der Waals surface area contributed by atoms with E-state index in [9.17, 15) is 4.79 Å². The van der Waals surface area contributed by atoms with E-state index in [2.05, 4.69) is 5.32 Å². The number of carbonyl (C=O) groups excluding carboxylic acids is 1. The fourth-order valence-electron chi connectivity index (χ4n) is 2.68. The van der Waals surface area contributed by atoms with Crippen molar-refractivity contribution in [1.82, 2.24) is 5.32 Å². The minimum absolute atomic E-state index is 0.00184. The first kappa shape index (κ1) is 9.97. The summed E-state index contributed by atoms with van der Waals surface area (Å²) < 4.78 is 4.81. The summed E-state index contributed by atoms with van der Waals surface area (Å²) >= 11 is 0. The fraction of sp³-hybridized carbons (Fsp3) is 0.909. The van der Waals surface area contributed by atoms with Crippen LogP contribution in [0.5, 0.6) is 0 Å². The lowest BCUT2D eigenvalue weighted by Crippen LogP contribution is -2.47. The zero-order valence-corrected chi connectivity index (χ0v) is 8.79. The van der Waals surface area contributed by atoms with E-state index in [1.807, 2.05) is 0 Å². The topological polar surface area (TPSA) is 38.3 Å².